The summed E-state index contributed by atoms with van der Waals surface area (Å²) in [5.41, 5.74) is 8.11. The summed E-state index contributed by atoms with van der Waals surface area (Å²) in [4.78, 5) is 4.71. The highest BCUT2D eigenvalue weighted by Crippen LogP contribution is 2.30. The summed E-state index contributed by atoms with van der Waals surface area (Å²) in [5.74, 6) is 2.01. The third-order valence-corrected chi connectivity index (χ3v) is 3.46. The zero-order valence-corrected chi connectivity index (χ0v) is 12.8. The summed E-state index contributed by atoms with van der Waals surface area (Å²) in [6, 6.07) is 8.02. The summed E-state index contributed by atoms with van der Waals surface area (Å²) in [6.07, 6.45) is 1.84. The number of benzene rings is 1. The maximum atomic E-state index is 6.25. The lowest BCUT2D eigenvalue weighted by Gasteiger charge is -2.09. The summed E-state index contributed by atoms with van der Waals surface area (Å²) in [7, 11) is 0. The molecule has 0 aliphatic heterocycles. The van der Waals surface area contributed by atoms with E-state index in [1.54, 1.807) is 0 Å². The molecule has 0 unspecified atom stereocenters. The average molecular weight is 320 g/mol. The third kappa shape index (κ3) is 2.73. The minimum atomic E-state index is 0.322. The Bertz CT molecular complexity index is 599. The predicted molar refractivity (Wildman–Crippen MR) is 84.1 cm³/mol. The van der Waals surface area contributed by atoms with E-state index in [0.717, 1.165) is 21.6 Å². The van der Waals surface area contributed by atoms with E-state index in [-0.39, 0.29) is 0 Å². The molecule has 2 rings (SSSR count). The highest BCUT2D eigenvalue weighted by atomic mass is 79.9. The normalized spacial score (nSPS) is 10.9. The molecule has 2 aromatic rings. The molecule has 0 radical (unpaired) electrons. The van der Waals surface area contributed by atoms with Crippen LogP contribution in [-0.2, 0) is 6.54 Å². The van der Waals surface area contributed by atoms with Crippen molar-refractivity contribution in [3.8, 4) is 11.3 Å². The highest BCUT2D eigenvalue weighted by molar-refractivity contribution is 9.10. The second kappa shape index (κ2) is 5.61. The fraction of sp³-hybridized carbons (Fsp3) is 0.267. The molecule has 100 valence electrons. The van der Waals surface area contributed by atoms with Gasteiger partial charge < -0.3 is 10.3 Å². The number of hydrogen-bond donors (Lipinski definition) is 1. The Kier molecular flexibility index (Phi) is 4.10. The lowest BCUT2D eigenvalue weighted by molar-refractivity contribution is 0.684. The standard InChI is InChI=1S/C15H18BrN3/c1-4-8-19-14(17)13(18-15(19)10(2)3)11-6-5-7-12(16)9-11/h4-7,9-10H,1,8,17H2,2-3H3. The van der Waals surface area contributed by atoms with Gasteiger partial charge in [0.2, 0.25) is 0 Å². The van der Waals surface area contributed by atoms with Gasteiger partial charge in [0.1, 0.15) is 17.3 Å². The molecule has 0 saturated carbocycles. The lowest BCUT2D eigenvalue weighted by atomic mass is 10.1. The Balaban J connectivity index is 2.58. The van der Waals surface area contributed by atoms with Crippen molar-refractivity contribution in [3.63, 3.8) is 0 Å². The zero-order valence-electron chi connectivity index (χ0n) is 11.2. The molecular formula is C15H18BrN3. The van der Waals surface area contributed by atoms with Gasteiger partial charge >= 0.3 is 0 Å². The zero-order chi connectivity index (χ0) is 14.0. The molecule has 1 heterocycles. The van der Waals surface area contributed by atoms with Crippen LogP contribution in [0.2, 0.25) is 0 Å². The van der Waals surface area contributed by atoms with E-state index < -0.39 is 0 Å². The summed E-state index contributed by atoms with van der Waals surface area (Å²) in [6.45, 7) is 8.70. The van der Waals surface area contributed by atoms with Crippen molar-refractivity contribution in [1.82, 2.24) is 9.55 Å². The van der Waals surface area contributed by atoms with E-state index >= 15 is 0 Å². The number of nitrogens with zero attached hydrogens (tertiary/aromatic N) is 2. The predicted octanol–water partition coefficient (Wildman–Crippen LogP) is 4.20. The molecule has 0 bridgehead atoms. The molecule has 0 atom stereocenters. The first-order valence-electron chi connectivity index (χ1n) is 6.27. The highest BCUT2D eigenvalue weighted by Gasteiger charge is 2.17. The van der Waals surface area contributed by atoms with Gasteiger partial charge in [0, 0.05) is 22.5 Å². The minimum absolute atomic E-state index is 0.322. The number of imidazole rings is 1. The van der Waals surface area contributed by atoms with E-state index in [4.69, 9.17) is 10.7 Å². The van der Waals surface area contributed by atoms with Gasteiger partial charge in [-0.2, -0.15) is 0 Å². The Morgan fingerprint density at radius 3 is 2.79 bits per heavy atom. The van der Waals surface area contributed by atoms with Crippen molar-refractivity contribution in [2.45, 2.75) is 26.3 Å². The Morgan fingerprint density at radius 1 is 1.47 bits per heavy atom. The summed E-state index contributed by atoms with van der Waals surface area (Å²) >= 11 is 3.48. The van der Waals surface area contributed by atoms with Gasteiger partial charge in [-0.05, 0) is 12.1 Å². The molecule has 1 aromatic carbocycles. The van der Waals surface area contributed by atoms with Crippen molar-refractivity contribution in [1.29, 1.82) is 0 Å². The second-order valence-electron chi connectivity index (χ2n) is 4.77. The third-order valence-electron chi connectivity index (χ3n) is 2.96. The van der Waals surface area contributed by atoms with Gasteiger partial charge in [0.05, 0.1) is 0 Å². The monoisotopic (exact) mass is 319 g/mol. The lowest BCUT2D eigenvalue weighted by Crippen LogP contribution is -2.07. The number of aromatic nitrogens is 2. The van der Waals surface area contributed by atoms with Crippen molar-refractivity contribution < 1.29 is 0 Å². The number of nitrogens with two attached hydrogens (primary N) is 1. The maximum absolute atomic E-state index is 6.25. The molecule has 19 heavy (non-hydrogen) atoms. The number of hydrogen-bond acceptors (Lipinski definition) is 2. The molecule has 0 aliphatic carbocycles. The number of anilines is 1. The average Bonchev–Trinajstić information content (AvgIpc) is 2.68. The summed E-state index contributed by atoms with van der Waals surface area (Å²) in [5, 5.41) is 0. The van der Waals surface area contributed by atoms with Crippen LogP contribution in [0.25, 0.3) is 11.3 Å². The molecule has 0 spiro atoms. The van der Waals surface area contributed by atoms with E-state index in [1.165, 1.54) is 0 Å². The first kappa shape index (κ1) is 13.9. The smallest absolute Gasteiger partial charge is 0.132 e. The molecular weight excluding hydrogens is 302 g/mol. The van der Waals surface area contributed by atoms with Crippen molar-refractivity contribution in [3.05, 3.63) is 47.2 Å². The van der Waals surface area contributed by atoms with Crippen LogP contribution in [0.15, 0.2) is 41.4 Å². The maximum Gasteiger partial charge on any atom is 0.132 e. The summed E-state index contributed by atoms with van der Waals surface area (Å²) < 4.78 is 3.04. The van der Waals surface area contributed by atoms with Crippen molar-refractivity contribution in [2.24, 2.45) is 0 Å². The fourth-order valence-corrected chi connectivity index (χ4v) is 2.49. The van der Waals surface area contributed by atoms with Crippen LogP contribution in [0.1, 0.15) is 25.6 Å². The second-order valence-corrected chi connectivity index (χ2v) is 5.68. The van der Waals surface area contributed by atoms with Crippen LogP contribution in [-0.4, -0.2) is 9.55 Å². The molecule has 4 heteroatoms. The van der Waals surface area contributed by atoms with Gasteiger partial charge in [-0.3, -0.25) is 0 Å². The van der Waals surface area contributed by atoms with Crippen LogP contribution in [0, 0.1) is 0 Å². The van der Waals surface area contributed by atoms with E-state index in [1.807, 2.05) is 34.9 Å². The van der Waals surface area contributed by atoms with E-state index in [9.17, 15) is 0 Å². The van der Waals surface area contributed by atoms with Gasteiger partial charge in [0.25, 0.3) is 0 Å². The molecule has 1 aromatic heterocycles. The Labute approximate surface area is 122 Å². The van der Waals surface area contributed by atoms with Gasteiger partial charge in [0.15, 0.2) is 0 Å². The van der Waals surface area contributed by atoms with Crippen LogP contribution >= 0.6 is 15.9 Å². The molecule has 0 fully saturated rings. The van der Waals surface area contributed by atoms with Gasteiger partial charge in [-0.1, -0.05) is 48.0 Å². The topological polar surface area (TPSA) is 43.8 Å². The van der Waals surface area contributed by atoms with Gasteiger partial charge in [-0.25, -0.2) is 4.98 Å². The van der Waals surface area contributed by atoms with E-state index in [0.29, 0.717) is 18.3 Å². The van der Waals surface area contributed by atoms with E-state index in [2.05, 4.69) is 36.4 Å². The number of nitrogen functional groups attached to an aromatic ring is 1. The van der Waals surface area contributed by atoms with Crippen LogP contribution in [0.5, 0.6) is 0 Å². The molecule has 0 saturated heterocycles. The Morgan fingerprint density at radius 2 is 2.21 bits per heavy atom. The van der Waals surface area contributed by atoms with Crippen LogP contribution < -0.4 is 5.73 Å². The number of rotatable bonds is 4. The van der Waals surface area contributed by atoms with Crippen LogP contribution in [0.4, 0.5) is 5.82 Å². The van der Waals surface area contributed by atoms with Gasteiger partial charge in [-0.15, -0.1) is 6.58 Å². The fourth-order valence-electron chi connectivity index (χ4n) is 2.09. The molecule has 0 aliphatic rings. The van der Waals surface area contributed by atoms with Crippen molar-refractivity contribution in [2.75, 3.05) is 5.73 Å². The minimum Gasteiger partial charge on any atom is -0.383 e. The quantitative estimate of drug-likeness (QED) is 0.858. The Hall–Kier alpha value is -1.55. The number of halogens is 1. The van der Waals surface area contributed by atoms with Crippen molar-refractivity contribution >= 4 is 21.7 Å². The molecule has 2 N–H and O–H groups in total. The SMILES string of the molecule is C=CCn1c(C(C)C)nc(-c2cccc(Br)c2)c1N. The number of allylic oxidation sites excluding steroid dienone is 1. The largest absolute Gasteiger partial charge is 0.383 e. The van der Waals surface area contributed by atoms with Crippen LogP contribution in [0.3, 0.4) is 0 Å². The first-order chi connectivity index (χ1) is 9.04. The molecule has 0 amide bonds. The molecule has 3 nitrogen and oxygen atoms in total. The first-order valence-corrected chi connectivity index (χ1v) is 7.06.